The van der Waals surface area contributed by atoms with E-state index in [0.29, 0.717) is 5.56 Å². The van der Waals surface area contributed by atoms with Gasteiger partial charge in [-0.25, -0.2) is 4.79 Å². The lowest BCUT2D eigenvalue weighted by Gasteiger charge is -2.18. The number of nitrogens with zero attached hydrogens (tertiary/aromatic N) is 1. The van der Waals surface area contributed by atoms with Crippen LogP contribution in [-0.2, 0) is 25.5 Å². The first kappa shape index (κ1) is 22.6. The van der Waals surface area contributed by atoms with Gasteiger partial charge in [0.1, 0.15) is 6.04 Å². The Morgan fingerprint density at radius 1 is 0.933 bits per heavy atom. The number of ether oxygens (including phenoxy) is 1. The van der Waals surface area contributed by atoms with Crippen LogP contribution >= 0.6 is 0 Å². The van der Waals surface area contributed by atoms with Crippen molar-refractivity contribution in [1.82, 2.24) is 15.5 Å². The third kappa shape index (κ3) is 7.38. The molecule has 158 valence electrons. The van der Waals surface area contributed by atoms with Gasteiger partial charge >= 0.3 is 5.97 Å². The van der Waals surface area contributed by atoms with Crippen molar-refractivity contribution in [2.24, 2.45) is 0 Å². The molecule has 0 aliphatic heterocycles. The zero-order chi connectivity index (χ0) is 21.9. The molecule has 2 aromatic rings. The normalized spacial score (nSPS) is 11.1. The van der Waals surface area contributed by atoms with Gasteiger partial charge in [0.2, 0.25) is 5.91 Å². The van der Waals surface area contributed by atoms with Gasteiger partial charge in [0.05, 0.1) is 6.54 Å². The summed E-state index contributed by atoms with van der Waals surface area (Å²) in [5.41, 5.74) is 1.23. The Morgan fingerprint density at radius 2 is 1.53 bits per heavy atom. The average Bonchev–Trinajstić information content (AvgIpc) is 2.76. The molecule has 0 aromatic heterocycles. The summed E-state index contributed by atoms with van der Waals surface area (Å²) in [7, 11) is 3.14. The van der Waals surface area contributed by atoms with E-state index >= 15 is 0 Å². The predicted molar refractivity (Wildman–Crippen MR) is 111 cm³/mol. The van der Waals surface area contributed by atoms with Crippen molar-refractivity contribution in [2.75, 3.05) is 27.2 Å². The zero-order valence-electron chi connectivity index (χ0n) is 17.0. The molecule has 2 N–H and O–H groups in total. The van der Waals surface area contributed by atoms with E-state index in [4.69, 9.17) is 4.74 Å². The standard InChI is InChI=1S/C22H25N3O5/c1-25(2)20(27)14-23-19(26)15-30-22(29)18(13-16-9-5-3-6-10-16)24-21(28)17-11-7-4-8-12-17/h3-12,18H,13-15H2,1-2H3,(H,23,26)(H,24,28)/t18-/m1/s1. The molecule has 0 fully saturated rings. The van der Waals surface area contributed by atoms with Crippen LogP contribution in [0.15, 0.2) is 60.7 Å². The van der Waals surface area contributed by atoms with Crippen molar-refractivity contribution < 1.29 is 23.9 Å². The molecular weight excluding hydrogens is 386 g/mol. The van der Waals surface area contributed by atoms with E-state index in [9.17, 15) is 19.2 Å². The van der Waals surface area contributed by atoms with E-state index in [1.807, 2.05) is 30.3 Å². The molecule has 0 unspecified atom stereocenters. The molecule has 0 aliphatic carbocycles. The lowest BCUT2D eigenvalue weighted by atomic mass is 10.1. The third-order valence-electron chi connectivity index (χ3n) is 4.19. The topological polar surface area (TPSA) is 105 Å². The molecule has 30 heavy (non-hydrogen) atoms. The van der Waals surface area contributed by atoms with Crippen LogP contribution < -0.4 is 10.6 Å². The van der Waals surface area contributed by atoms with Crippen LogP contribution in [-0.4, -0.2) is 61.9 Å². The maximum Gasteiger partial charge on any atom is 0.329 e. The van der Waals surface area contributed by atoms with Gasteiger partial charge in [0.25, 0.3) is 11.8 Å². The first-order valence-electron chi connectivity index (χ1n) is 9.40. The Kier molecular flexibility index (Phi) is 8.56. The van der Waals surface area contributed by atoms with Crippen molar-refractivity contribution in [2.45, 2.75) is 12.5 Å². The number of hydrogen-bond acceptors (Lipinski definition) is 5. The molecule has 1 atom stereocenters. The minimum Gasteiger partial charge on any atom is -0.454 e. The molecular formula is C22H25N3O5. The second-order valence-electron chi connectivity index (χ2n) is 6.75. The molecule has 8 nitrogen and oxygen atoms in total. The van der Waals surface area contributed by atoms with Gasteiger partial charge in [0.15, 0.2) is 6.61 Å². The average molecular weight is 411 g/mol. The zero-order valence-corrected chi connectivity index (χ0v) is 17.0. The monoisotopic (exact) mass is 411 g/mol. The highest BCUT2D eigenvalue weighted by molar-refractivity contribution is 5.97. The van der Waals surface area contributed by atoms with Gasteiger partial charge in [-0.15, -0.1) is 0 Å². The number of benzene rings is 2. The first-order chi connectivity index (χ1) is 14.4. The van der Waals surface area contributed by atoms with Crippen molar-refractivity contribution >= 4 is 23.7 Å². The van der Waals surface area contributed by atoms with Crippen molar-refractivity contribution in [3.05, 3.63) is 71.8 Å². The van der Waals surface area contributed by atoms with E-state index < -0.39 is 30.4 Å². The number of likely N-dealkylation sites (N-methyl/N-ethyl adjacent to an activating group) is 1. The van der Waals surface area contributed by atoms with Crippen LogP contribution in [0.4, 0.5) is 0 Å². The van der Waals surface area contributed by atoms with Crippen LogP contribution in [0.25, 0.3) is 0 Å². The Labute approximate surface area is 175 Å². The highest BCUT2D eigenvalue weighted by atomic mass is 16.5. The van der Waals surface area contributed by atoms with Crippen LogP contribution in [0.3, 0.4) is 0 Å². The largest absolute Gasteiger partial charge is 0.454 e. The summed E-state index contributed by atoms with van der Waals surface area (Å²) in [5, 5.41) is 5.04. The lowest BCUT2D eigenvalue weighted by Crippen LogP contribution is -2.45. The molecule has 0 saturated carbocycles. The molecule has 3 amide bonds. The molecule has 8 heteroatoms. The van der Waals surface area contributed by atoms with Gasteiger partial charge in [-0.2, -0.15) is 0 Å². The lowest BCUT2D eigenvalue weighted by molar-refractivity contribution is -0.150. The van der Waals surface area contributed by atoms with Crippen LogP contribution in [0.5, 0.6) is 0 Å². The molecule has 2 aromatic carbocycles. The summed E-state index contributed by atoms with van der Waals surface area (Å²) in [5.74, 6) is -2.05. The summed E-state index contributed by atoms with van der Waals surface area (Å²) in [6.07, 6.45) is 0.207. The molecule has 0 bridgehead atoms. The number of amides is 3. The van der Waals surface area contributed by atoms with E-state index in [1.165, 1.54) is 4.90 Å². The summed E-state index contributed by atoms with van der Waals surface area (Å²) in [4.78, 5) is 49.8. The Bertz CT molecular complexity index is 869. The maximum atomic E-state index is 12.6. The van der Waals surface area contributed by atoms with E-state index in [0.717, 1.165) is 5.56 Å². The van der Waals surface area contributed by atoms with Gasteiger partial charge in [-0.1, -0.05) is 48.5 Å². The highest BCUT2D eigenvalue weighted by Gasteiger charge is 2.24. The van der Waals surface area contributed by atoms with Crippen molar-refractivity contribution in [3.8, 4) is 0 Å². The summed E-state index contributed by atoms with van der Waals surface area (Å²) in [6, 6.07) is 16.7. The van der Waals surface area contributed by atoms with E-state index in [2.05, 4.69) is 10.6 Å². The van der Waals surface area contributed by atoms with E-state index in [-0.39, 0.29) is 18.9 Å². The quantitative estimate of drug-likeness (QED) is 0.593. The molecule has 0 aliphatic rings. The fraction of sp³-hybridized carbons (Fsp3) is 0.273. The predicted octanol–water partition coefficient (Wildman–Crippen LogP) is 0.775. The van der Waals surface area contributed by atoms with Crippen molar-refractivity contribution in [3.63, 3.8) is 0 Å². The van der Waals surface area contributed by atoms with Crippen LogP contribution in [0.2, 0.25) is 0 Å². The molecule has 0 saturated heterocycles. The molecule has 2 rings (SSSR count). The second-order valence-corrected chi connectivity index (χ2v) is 6.75. The SMILES string of the molecule is CN(C)C(=O)CNC(=O)COC(=O)[C@@H](Cc1ccccc1)NC(=O)c1ccccc1. The van der Waals surface area contributed by atoms with Gasteiger partial charge in [0, 0.05) is 26.1 Å². The van der Waals surface area contributed by atoms with Crippen molar-refractivity contribution in [1.29, 1.82) is 0 Å². The van der Waals surface area contributed by atoms with Gasteiger partial charge in [-0.3, -0.25) is 14.4 Å². The van der Waals surface area contributed by atoms with E-state index in [1.54, 1.807) is 44.4 Å². The number of hydrogen-bond donors (Lipinski definition) is 2. The minimum atomic E-state index is -0.976. The van der Waals surface area contributed by atoms with Gasteiger partial charge in [-0.05, 0) is 17.7 Å². The third-order valence-corrected chi connectivity index (χ3v) is 4.19. The fourth-order valence-electron chi connectivity index (χ4n) is 2.49. The maximum absolute atomic E-state index is 12.6. The van der Waals surface area contributed by atoms with Gasteiger partial charge < -0.3 is 20.3 Å². The van der Waals surface area contributed by atoms with Crippen LogP contribution in [0, 0.1) is 0 Å². The summed E-state index contributed by atoms with van der Waals surface area (Å²) >= 11 is 0. The number of rotatable bonds is 9. The Morgan fingerprint density at radius 3 is 2.13 bits per heavy atom. The minimum absolute atomic E-state index is 0.193. The molecule has 0 heterocycles. The Balaban J connectivity index is 1.98. The number of carbonyl (C=O) groups is 4. The second kappa shape index (κ2) is 11.4. The summed E-state index contributed by atoms with van der Waals surface area (Å²) in [6.45, 7) is -0.742. The number of carbonyl (C=O) groups excluding carboxylic acids is 4. The first-order valence-corrected chi connectivity index (χ1v) is 9.40. The Hall–Kier alpha value is -3.68. The fourth-order valence-corrected chi connectivity index (χ4v) is 2.49. The smallest absolute Gasteiger partial charge is 0.329 e. The molecule has 0 spiro atoms. The van der Waals surface area contributed by atoms with Crippen LogP contribution in [0.1, 0.15) is 15.9 Å². The number of nitrogens with one attached hydrogen (secondary N) is 2. The molecule has 0 radical (unpaired) electrons. The number of esters is 1. The highest BCUT2D eigenvalue weighted by Crippen LogP contribution is 2.07. The summed E-state index contributed by atoms with van der Waals surface area (Å²) < 4.78 is 5.08.